The molecule has 0 aromatic heterocycles. The summed E-state index contributed by atoms with van der Waals surface area (Å²) in [6.45, 7) is 2.50. The van der Waals surface area contributed by atoms with E-state index < -0.39 is 29.5 Å². The van der Waals surface area contributed by atoms with Crippen molar-refractivity contribution in [2.45, 2.75) is 38.3 Å². The smallest absolute Gasteiger partial charge is 0.384 e. The number of alkyl halides is 7. The minimum absolute atomic E-state index is 0.0232. The minimum Gasteiger partial charge on any atom is -0.384 e. The summed E-state index contributed by atoms with van der Waals surface area (Å²) in [5, 5.41) is 2.68. The molecule has 0 atom stereocenters. The van der Waals surface area contributed by atoms with E-state index >= 15 is 0 Å². The third-order valence-electron chi connectivity index (χ3n) is 3.38. The van der Waals surface area contributed by atoms with Crippen molar-refractivity contribution < 1.29 is 35.5 Å². The zero-order valence-corrected chi connectivity index (χ0v) is 12.7. The highest BCUT2D eigenvalue weighted by Gasteiger charge is 2.73. The van der Waals surface area contributed by atoms with Gasteiger partial charge in [0.1, 0.15) is 0 Å². The fourth-order valence-electron chi connectivity index (χ4n) is 2.24. The Balaban J connectivity index is 3.34. The second-order valence-corrected chi connectivity index (χ2v) is 5.28. The van der Waals surface area contributed by atoms with Crippen molar-refractivity contribution in [3.05, 3.63) is 28.8 Å². The number of nitrogens with one attached hydrogen (secondary N) is 1. The normalized spacial score (nSPS) is 13.0. The van der Waals surface area contributed by atoms with Gasteiger partial charge in [0.2, 0.25) is 5.91 Å². The molecule has 0 aliphatic rings. The Morgan fingerprint density at radius 3 is 1.75 bits per heavy atom. The Morgan fingerprint density at radius 1 is 1.00 bits per heavy atom. The maximum Gasteiger partial charge on any atom is 0.435 e. The number of rotatable bonds is 5. The molecule has 0 aliphatic heterocycles. The molecule has 0 heterocycles. The largest absolute Gasteiger partial charge is 0.435 e. The number of hydrogen-bond donors (Lipinski definition) is 2. The minimum atomic E-state index is -6.16. The highest BCUT2D eigenvalue weighted by molar-refractivity contribution is 5.74. The van der Waals surface area contributed by atoms with Crippen LogP contribution in [0.25, 0.3) is 0 Å². The first-order valence-corrected chi connectivity index (χ1v) is 6.68. The van der Waals surface area contributed by atoms with Gasteiger partial charge in [-0.2, -0.15) is 26.3 Å². The van der Waals surface area contributed by atoms with Crippen LogP contribution in [0.2, 0.25) is 0 Å². The fourth-order valence-corrected chi connectivity index (χ4v) is 2.24. The summed E-state index contributed by atoms with van der Waals surface area (Å²) in [4.78, 5) is 10.6. The number of halogens is 7. The molecule has 0 saturated heterocycles. The summed E-state index contributed by atoms with van der Waals surface area (Å²) >= 11 is 0. The van der Waals surface area contributed by atoms with E-state index in [9.17, 15) is 35.5 Å². The standard InChI is InChI=1S/C14H15F7N2O/c1-7-5-9(12(15,13(16,17)18)14(19,20)21)6-8(2)11(7)23-4-3-10(22)24/h5-6,23H,3-4H2,1-2H3,(H2,22,24). The van der Waals surface area contributed by atoms with Gasteiger partial charge in [-0.25, -0.2) is 4.39 Å². The average molecular weight is 360 g/mol. The van der Waals surface area contributed by atoms with E-state index in [1.165, 1.54) is 13.8 Å². The topological polar surface area (TPSA) is 55.1 Å². The highest BCUT2D eigenvalue weighted by Crippen LogP contribution is 2.53. The van der Waals surface area contributed by atoms with Crippen LogP contribution in [0.3, 0.4) is 0 Å². The number of benzene rings is 1. The molecule has 1 rings (SSSR count). The predicted octanol–water partition coefficient (Wildman–Crippen LogP) is 3.88. The van der Waals surface area contributed by atoms with Crippen LogP contribution in [-0.2, 0) is 10.5 Å². The summed E-state index contributed by atoms with van der Waals surface area (Å²) in [7, 11) is 0. The van der Waals surface area contributed by atoms with Crippen molar-refractivity contribution in [3.63, 3.8) is 0 Å². The van der Waals surface area contributed by atoms with Crippen molar-refractivity contribution in [2.24, 2.45) is 5.73 Å². The van der Waals surface area contributed by atoms with Crippen LogP contribution in [0.15, 0.2) is 12.1 Å². The molecule has 0 unspecified atom stereocenters. The first-order valence-electron chi connectivity index (χ1n) is 6.68. The Bertz CT molecular complexity index is 586. The van der Waals surface area contributed by atoms with Gasteiger partial charge in [0.15, 0.2) is 0 Å². The molecule has 1 amide bonds. The lowest BCUT2D eigenvalue weighted by Crippen LogP contribution is -2.50. The van der Waals surface area contributed by atoms with E-state index in [0.717, 1.165) is 0 Å². The van der Waals surface area contributed by atoms with Gasteiger partial charge in [-0.3, -0.25) is 4.79 Å². The van der Waals surface area contributed by atoms with Gasteiger partial charge in [-0.15, -0.1) is 0 Å². The van der Waals surface area contributed by atoms with E-state index in [1.54, 1.807) is 0 Å². The van der Waals surface area contributed by atoms with Crippen molar-refractivity contribution in [2.75, 3.05) is 11.9 Å². The summed E-state index contributed by atoms with van der Waals surface area (Å²) in [6.07, 6.45) is -12.4. The zero-order chi connectivity index (χ0) is 18.9. The maximum atomic E-state index is 14.1. The van der Waals surface area contributed by atoms with Crippen LogP contribution >= 0.6 is 0 Å². The first kappa shape index (κ1) is 20.0. The summed E-state index contributed by atoms with van der Waals surface area (Å²) in [5.74, 6) is -0.633. The van der Waals surface area contributed by atoms with Crippen LogP contribution in [0.5, 0.6) is 0 Å². The number of hydrogen-bond acceptors (Lipinski definition) is 2. The average Bonchev–Trinajstić information content (AvgIpc) is 2.37. The lowest BCUT2D eigenvalue weighted by atomic mass is 9.90. The number of anilines is 1. The van der Waals surface area contributed by atoms with E-state index in [4.69, 9.17) is 5.73 Å². The monoisotopic (exact) mass is 360 g/mol. The number of primary amides is 1. The van der Waals surface area contributed by atoms with E-state index in [-0.39, 0.29) is 29.8 Å². The number of aryl methyl sites for hydroxylation is 2. The molecule has 0 saturated carbocycles. The Kier molecular flexibility index (Phi) is 5.41. The SMILES string of the molecule is Cc1cc(C(F)(C(F)(F)F)C(F)(F)F)cc(C)c1NCCC(N)=O. The number of carbonyl (C=O) groups excluding carboxylic acids is 1. The molecule has 0 bridgehead atoms. The van der Waals surface area contributed by atoms with E-state index in [0.29, 0.717) is 12.1 Å². The molecule has 0 spiro atoms. The lowest BCUT2D eigenvalue weighted by molar-refractivity contribution is -0.348. The first-order chi connectivity index (χ1) is 10.7. The lowest BCUT2D eigenvalue weighted by Gasteiger charge is -2.31. The maximum absolute atomic E-state index is 14.1. The third-order valence-corrected chi connectivity index (χ3v) is 3.38. The van der Waals surface area contributed by atoms with Crippen LogP contribution in [0.1, 0.15) is 23.1 Å². The molecule has 136 valence electrons. The Labute approximate surface area is 133 Å². The molecule has 10 heteroatoms. The molecule has 24 heavy (non-hydrogen) atoms. The van der Waals surface area contributed by atoms with Crippen LogP contribution in [0, 0.1) is 13.8 Å². The van der Waals surface area contributed by atoms with Gasteiger partial charge in [0.05, 0.1) is 0 Å². The van der Waals surface area contributed by atoms with E-state index in [2.05, 4.69) is 5.32 Å². The highest BCUT2D eigenvalue weighted by atomic mass is 19.4. The van der Waals surface area contributed by atoms with Crippen molar-refractivity contribution in [3.8, 4) is 0 Å². The second-order valence-electron chi connectivity index (χ2n) is 5.28. The van der Waals surface area contributed by atoms with Gasteiger partial charge < -0.3 is 11.1 Å². The molecule has 0 aliphatic carbocycles. The third kappa shape index (κ3) is 3.73. The fraction of sp³-hybridized carbons (Fsp3) is 0.500. The van der Waals surface area contributed by atoms with E-state index in [1.807, 2.05) is 0 Å². The quantitative estimate of drug-likeness (QED) is 0.783. The Morgan fingerprint density at radius 2 is 1.42 bits per heavy atom. The number of carbonyl (C=O) groups is 1. The molecule has 0 radical (unpaired) electrons. The summed E-state index contributed by atoms with van der Waals surface area (Å²) in [6, 6.07) is 0.973. The van der Waals surface area contributed by atoms with Gasteiger partial charge in [0, 0.05) is 24.2 Å². The van der Waals surface area contributed by atoms with Gasteiger partial charge in [0.25, 0.3) is 0 Å². The summed E-state index contributed by atoms with van der Waals surface area (Å²) in [5.41, 5.74) is -1.92. The molecule has 3 nitrogen and oxygen atoms in total. The molecule has 1 aromatic carbocycles. The number of nitrogens with two attached hydrogens (primary N) is 1. The Hall–Kier alpha value is -2.00. The van der Waals surface area contributed by atoms with Gasteiger partial charge in [-0.05, 0) is 25.0 Å². The molecule has 1 aromatic rings. The second kappa shape index (κ2) is 6.48. The molecule has 0 fully saturated rings. The summed E-state index contributed by atoms with van der Waals surface area (Å²) < 4.78 is 90.7. The molecule has 3 N–H and O–H groups in total. The molecular formula is C14H15F7N2O. The van der Waals surface area contributed by atoms with Crippen molar-refractivity contribution in [1.82, 2.24) is 0 Å². The van der Waals surface area contributed by atoms with Crippen LogP contribution in [0.4, 0.5) is 36.4 Å². The zero-order valence-electron chi connectivity index (χ0n) is 12.7. The van der Waals surface area contributed by atoms with Crippen LogP contribution < -0.4 is 11.1 Å². The molecular weight excluding hydrogens is 345 g/mol. The van der Waals surface area contributed by atoms with Crippen LogP contribution in [-0.4, -0.2) is 24.8 Å². The van der Waals surface area contributed by atoms with Gasteiger partial charge in [-0.1, -0.05) is 12.1 Å². The predicted molar refractivity (Wildman–Crippen MR) is 73.1 cm³/mol. The number of amides is 1. The van der Waals surface area contributed by atoms with Gasteiger partial charge >= 0.3 is 18.0 Å². The van der Waals surface area contributed by atoms with Crippen molar-refractivity contribution >= 4 is 11.6 Å². The van der Waals surface area contributed by atoms with Crippen molar-refractivity contribution in [1.29, 1.82) is 0 Å².